The molecule has 21 heavy (non-hydrogen) atoms. The Kier molecular flexibility index (Phi) is 3.07. The van der Waals surface area contributed by atoms with Crippen LogP contribution in [-0.4, -0.2) is 26.3 Å². The van der Waals surface area contributed by atoms with E-state index in [-0.39, 0.29) is 22.9 Å². The van der Waals surface area contributed by atoms with Gasteiger partial charge in [0.05, 0.1) is 5.56 Å². The number of carboxylic acid groups (broad SMARTS) is 1. The van der Waals surface area contributed by atoms with Crippen LogP contribution in [0.15, 0.2) is 51.8 Å². The quantitative estimate of drug-likeness (QED) is 0.758. The predicted octanol–water partition coefficient (Wildman–Crippen LogP) is 1.79. The molecule has 0 amide bonds. The van der Waals surface area contributed by atoms with Gasteiger partial charge in [0.2, 0.25) is 17.3 Å². The average molecular weight is 283 g/mol. The lowest BCUT2D eigenvalue weighted by atomic mass is 10.1. The molecule has 0 fully saturated rings. The Morgan fingerprint density at radius 3 is 2.48 bits per heavy atom. The summed E-state index contributed by atoms with van der Waals surface area (Å²) < 4.78 is 5.48. The first-order valence-corrected chi connectivity index (χ1v) is 6.00. The van der Waals surface area contributed by atoms with Gasteiger partial charge < -0.3 is 14.5 Å². The fourth-order valence-electron chi connectivity index (χ4n) is 1.82. The van der Waals surface area contributed by atoms with Gasteiger partial charge in [-0.25, -0.2) is 4.79 Å². The number of H-pyrrole nitrogens is 1. The molecular formula is C14H9N3O4. The van der Waals surface area contributed by atoms with Crippen LogP contribution in [0.1, 0.15) is 10.4 Å². The van der Waals surface area contributed by atoms with E-state index < -0.39 is 5.97 Å². The van der Waals surface area contributed by atoms with Gasteiger partial charge >= 0.3 is 5.97 Å². The molecule has 3 aromatic rings. The lowest BCUT2D eigenvalue weighted by Gasteiger charge is -1.97. The van der Waals surface area contributed by atoms with Crippen LogP contribution in [0.3, 0.4) is 0 Å². The highest BCUT2D eigenvalue weighted by Gasteiger charge is 2.12. The highest BCUT2D eigenvalue weighted by atomic mass is 16.4. The minimum Gasteiger partial charge on any atom is -0.478 e. The summed E-state index contributed by atoms with van der Waals surface area (Å²) >= 11 is 0. The number of pyridine rings is 1. The van der Waals surface area contributed by atoms with Crippen LogP contribution in [0.25, 0.3) is 22.9 Å². The zero-order valence-electron chi connectivity index (χ0n) is 10.6. The minimum atomic E-state index is -1.04. The van der Waals surface area contributed by atoms with Crippen LogP contribution < -0.4 is 5.56 Å². The summed E-state index contributed by atoms with van der Waals surface area (Å²) in [6.07, 6.45) is 1.48. The van der Waals surface area contributed by atoms with Crippen molar-refractivity contribution in [1.29, 1.82) is 0 Å². The number of carboxylic acids is 1. The normalized spacial score (nSPS) is 10.5. The van der Waals surface area contributed by atoms with E-state index in [1.165, 1.54) is 24.4 Å². The first-order valence-electron chi connectivity index (χ1n) is 6.00. The summed E-state index contributed by atoms with van der Waals surface area (Å²) in [5.74, 6) is -0.656. The Labute approximate surface area is 117 Å². The van der Waals surface area contributed by atoms with E-state index in [0.717, 1.165) is 0 Å². The molecule has 0 aliphatic rings. The van der Waals surface area contributed by atoms with E-state index in [1.807, 2.05) is 0 Å². The van der Waals surface area contributed by atoms with Crippen LogP contribution in [0.5, 0.6) is 0 Å². The third kappa shape index (κ3) is 2.57. The summed E-state index contributed by atoms with van der Waals surface area (Å²) in [5.41, 5.74) is 0.842. The number of nitrogens with one attached hydrogen (secondary N) is 1. The van der Waals surface area contributed by atoms with Crippen LogP contribution in [0.4, 0.5) is 0 Å². The molecule has 2 N–H and O–H groups in total. The fraction of sp³-hybridized carbons (Fsp3) is 0. The molecular weight excluding hydrogens is 274 g/mol. The number of hydrogen-bond donors (Lipinski definition) is 2. The van der Waals surface area contributed by atoms with Gasteiger partial charge in [0.25, 0.3) is 0 Å². The zero-order valence-corrected chi connectivity index (χ0v) is 10.6. The van der Waals surface area contributed by atoms with Crippen molar-refractivity contribution in [3.05, 3.63) is 58.5 Å². The van der Waals surface area contributed by atoms with Crippen molar-refractivity contribution >= 4 is 5.97 Å². The van der Waals surface area contributed by atoms with Gasteiger partial charge in [-0.15, -0.1) is 10.2 Å². The van der Waals surface area contributed by atoms with Gasteiger partial charge in [-0.1, -0.05) is 6.07 Å². The number of aromatic amines is 1. The summed E-state index contributed by atoms with van der Waals surface area (Å²) in [6, 6.07) is 9.14. The van der Waals surface area contributed by atoms with Crippen molar-refractivity contribution in [3.8, 4) is 22.9 Å². The van der Waals surface area contributed by atoms with Crippen molar-refractivity contribution in [3.63, 3.8) is 0 Å². The lowest BCUT2D eigenvalue weighted by molar-refractivity contribution is 0.0697. The molecule has 2 heterocycles. The van der Waals surface area contributed by atoms with Crippen molar-refractivity contribution in [2.45, 2.75) is 0 Å². The molecule has 1 aromatic carbocycles. The first-order chi connectivity index (χ1) is 10.1. The standard InChI is InChI=1S/C14H9N3O4/c18-11-7-9(4-5-15-11)13-17-16-12(21-13)8-2-1-3-10(6-8)14(19)20/h1-7H,(H,15,18)(H,19,20). The molecule has 0 saturated heterocycles. The Balaban J connectivity index is 2.00. The summed E-state index contributed by atoms with van der Waals surface area (Å²) in [6.45, 7) is 0. The number of nitrogens with zero attached hydrogens (tertiary/aromatic N) is 2. The molecule has 0 spiro atoms. The number of carbonyl (C=O) groups is 1. The Bertz CT molecular complexity index is 866. The largest absolute Gasteiger partial charge is 0.478 e. The van der Waals surface area contributed by atoms with Crippen LogP contribution in [0, 0.1) is 0 Å². The molecule has 0 atom stereocenters. The van der Waals surface area contributed by atoms with Gasteiger partial charge in [-0.2, -0.15) is 0 Å². The van der Waals surface area contributed by atoms with Crippen LogP contribution >= 0.6 is 0 Å². The van der Waals surface area contributed by atoms with Crippen molar-refractivity contribution in [2.24, 2.45) is 0 Å². The van der Waals surface area contributed by atoms with Crippen molar-refractivity contribution < 1.29 is 14.3 Å². The molecule has 3 rings (SSSR count). The molecule has 7 heteroatoms. The topological polar surface area (TPSA) is 109 Å². The van der Waals surface area contributed by atoms with E-state index in [9.17, 15) is 9.59 Å². The number of aromatic nitrogens is 3. The molecule has 0 aliphatic carbocycles. The summed E-state index contributed by atoms with van der Waals surface area (Å²) in [7, 11) is 0. The van der Waals surface area contributed by atoms with E-state index in [1.54, 1.807) is 18.2 Å². The maximum absolute atomic E-state index is 11.2. The molecule has 7 nitrogen and oxygen atoms in total. The first kappa shape index (κ1) is 12.8. The summed E-state index contributed by atoms with van der Waals surface area (Å²) in [4.78, 5) is 24.7. The van der Waals surface area contributed by atoms with Gasteiger partial charge in [0.15, 0.2) is 0 Å². The van der Waals surface area contributed by atoms with Crippen LogP contribution in [0.2, 0.25) is 0 Å². The third-order valence-electron chi connectivity index (χ3n) is 2.80. The Morgan fingerprint density at radius 1 is 1.10 bits per heavy atom. The molecule has 0 unspecified atom stereocenters. The van der Waals surface area contributed by atoms with Crippen LogP contribution in [-0.2, 0) is 0 Å². The fourth-order valence-corrected chi connectivity index (χ4v) is 1.82. The Morgan fingerprint density at radius 2 is 1.81 bits per heavy atom. The zero-order chi connectivity index (χ0) is 14.8. The SMILES string of the molecule is O=C(O)c1cccc(-c2nnc(-c3cc[nH]c(=O)c3)o2)c1. The molecule has 2 aromatic heterocycles. The van der Waals surface area contributed by atoms with E-state index in [2.05, 4.69) is 15.2 Å². The smallest absolute Gasteiger partial charge is 0.335 e. The Hall–Kier alpha value is -3.22. The lowest BCUT2D eigenvalue weighted by Crippen LogP contribution is -2.01. The highest BCUT2D eigenvalue weighted by Crippen LogP contribution is 2.23. The van der Waals surface area contributed by atoms with E-state index >= 15 is 0 Å². The molecule has 0 bridgehead atoms. The second-order valence-corrected chi connectivity index (χ2v) is 4.24. The monoisotopic (exact) mass is 283 g/mol. The number of hydrogen-bond acceptors (Lipinski definition) is 5. The number of aromatic carboxylic acids is 1. The van der Waals surface area contributed by atoms with Gasteiger partial charge in [-0.05, 0) is 24.3 Å². The second kappa shape index (κ2) is 5.04. The predicted molar refractivity (Wildman–Crippen MR) is 72.8 cm³/mol. The van der Waals surface area contributed by atoms with Gasteiger partial charge in [-0.3, -0.25) is 4.79 Å². The van der Waals surface area contributed by atoms with Crippen molar-refractivity contribution in [2.75, 3.05) is 0 Å². The van der Waals surface area contributed by atoms with E-state index in [0.29, 0.717) is 11.1 Å². The van der Waals surface area contributed by atoms with Gasteiger partial charge in [0.1, 0.15) is 0 Å². The van der Waals surface area contributed by atoms with E-state index in [4.69, 9.17) is 9.52 Å². The van der Waals surface area contributed by atoms with Crippen molar-refractivity contribution in [1.82, 2.24) is 15.2 Å². The maximum Gasteiger partial charge on any atom is 0.335 e. The maximum atomic E-state index is 11.2. The average Bonchev–Trinajstić information content (AvgIpc) is 2.97. The molecule has 0 radical (unpaired) electrons. The highest BCUT2D eigenvalue weighted by molar-refractivity contribution is 5.88. The second-order valence-electron chi connectivity index (χ2n) is 4.24. The third-order valence-corrected chi connectivity index (χ3v) is 2.80. The summed E-state index contributed by atoms with van der Waals surface area (Å²) in [5, 5.41) is 16.7. The minimum absolute atomic E-state index is 0.128. The molecule has 104 valence electrons. The van der Waals surface area contributed by atoms with Gasteiger partial charge in [0, 0.05) is 23.4 Å². The molecule has 0 aliphatic heterocycles. The number of rotatable bonds is 3. The number of benzene rings is 1. The molecule has 0 saturated carbocycles.